The molecule has 1 aromatic rings. The van der Waals surface area contributed by atoms with Gasteiger partial charge in [0.2, 0.25) is 0 Å². The molecule has 0 unspecified atom stereocenters. The summed E-state index contributed by atoms with van der Waals surface area (Å²) in [4.78, 5) is 10.8. The Labute approximate surface area is 116 Å². The topological polar surface area (TPSA) is 26.3 Å². The van der Waals surface area contributed by atoms with E-state index in [1.165, 1.54) is 6.92 Å². The van der Waals surface area contributed by atoms with Gasteiger partial charge in [0.1, 0.15) is 12.4 Å². The number of carbonyl (C=O) groups excluding carboxylic acids is 1. The Bertz CT molecular complexity index is 336. The van der Waals surface area contributed by atoms with Gasteiger partial charge < -0.3 is 4.74 Å². The molecule has 0 heterocycles. The second-order valence-electron chi connectivity index (χ2n) is 3.55. The molecule has 0 atom stereocenters. The number of rotatable bonds is 3. The summed E-state index contributed by atoms with van der Waals surface area (Å²) in [5.74, 6) is 0.829. The summed E-state index contributed by atoms with van der Waals surface area (Å²) >= 11 is 0. The molecule has 0 aromatic heterocycles. The van der Waals surface area contributed by atoms with Gasteiger partial charge in [0.25, 0.3) is 0 Å². The second-order valence-corrected chi connectivity index (χ2v) is 3.55. The maximum absolute atomic E-state index is 10.8. The molecule has 0 aliphatic heterocycles. The summed E-state index contributed by atoms with van der Waals surface area (Å²) in [5.41, 5.74) is 3.02. The molecule has 0 bridgehead atoms. The Morgan fingerprint density at radius 1 is 1.33 bits per heavy atom. The monoisotopic (exact) mass is 280 g/mol. The SMILES string of the molecule is [CH2-]c1cc(C)c(OCC(C)=O)c(C)c1.[Y]. The number of hydrogen-bond acceptors (Lipinski definition) is 2. The molecular weight excluding hydrogens is 265 g/mol. The van der Waals surface area contributed by atoms with Crippen molar-refractivity contribution in [2.45, 2.75) is 20.8 Å². The molecule has 0 saturated heterocycles. The van der Waals surface area contributed by atoms with E-state index >= 15 is 0 Å². The minimum Gasteiger partial charge on any atom is -0.488 e. The summed E-state index contributed by atoms with van der Waals surface area (Å²) in [6.45, 7) is 9.42. The number of hydrogen-bond donors (Lipinski definition) is 0. The van der Waals surface area contributed by atoms with E-state index < -0.39 is 0 Å². The van der Waals surface area contributed by atoms with E-state index in [4.69, 9.17) is 4.74 Å². The molecule has 0 aliphatic rings. The molecule has 15 heavy (non-hydrogen) atoms. The van der Waals surface area contributed by atoms with Crippen LogP contribution in [-0.2, 0) is 37.5 Å². The number of aryl methyl sites for hydroxylation is 2. The van der Waals surface area contributed by atoms with Gasteiger partial charge in [0, 0.05) is 32.7 Å². The van der Waals surface area contributed by atoms with E-state index in [9.17, 15) is 4.79 Å². The smallest absolute Gasteiger partial charge is 0.167 e. The Balaban J connectivity index is 0.00000196. The van der Waals surface area contributed by atoms with Gasteiger partial charge in [0.05, 0.1) is 0 Å². The van der Waals surface area contributed by atoms with E-state index in [-0.39, 0.29) is 45.1 Å². The van der Waals surface area contributed by atoms with Crippen LogP contribution in [0, 0.1) is 20.8 Å². The summed E-state index contributed by atoms with van der Waals surface area (Å²) < 4.78 is 5.41. The zero-order valence-corrected chi connectivity index (χ0v) is 12.3. The number of carbonyl (C=O) groups is 1. The summed E-state index contributed by atoms with van der Waals surface area (Å²) in [7, 11) is 0. The van der Waals surface area contributed by atoms with Crippen molar-refractivity contribution < 1.29 is 42.2 Å². The third-order valence-electron chi connectivity index (χ3n) is 1.94. The van der Waals surface area contributed by atoms with Crippen LogP contribution < -0.4 is 4.74 Å². The maximum Gasteiger partial charge on any atom is 0.167 e. The number of ether oxygens (including phenoxy) is 1. The van der Waals surface area contributed by atoms with Gasteiger partial charge in [-0.25, -0.2) is 0 Å². The van der Waals surface area contributed by atoms with Crippen molar-refractivity contribution in [3.63, 3.8) is 0 Å². The largest absolute Gasteiger partial charge is 0.488 e. The van der Waals surface area contributed by atoms with Crippen LogP contribution in [0.2, 0.25) is 0 Å². The van der Waals surface area contributed by atoms with Gasteiger partial charge >= 0.3 is 0 Å². The standard InChI is InChI=1S/C12H15O2.Y/c1-8-5-9(2)12(10(3)6-8)14-7-11(4)13;/h5-6H,1,7H2,2-4H3;/q-1;. The first-order valence-corrected chi connectivity index (χ1v) is 4.56. The summed E-state index contributed by atoms with van der Waals surface area (Å²) in [6, 6.07) is 3.89. The minimum atomic E-state index is 0. The Kier molecular flexibility index (Phi) is 6.15. The third kappa shape index (κ3) is 4.35. The van der Waals surface area contributed by atoms with Crippen LogP contribution in [0.1, 0.15) is 23.6 Å². The molecule has 0 N–H and O–H groups in total. The molecule has 0 saturated carbocycles. The first-order valence-electron chi connectivity index (χ1n) is 4.56. The maximum atomic E-state index is 10.8. The number of benzene rings is 1. The molecule has 0 spiro atoms. The number of Topliss-reactive ketones (excluding diaryl/α,β-unsaturated/α-hetero) is 1. The minimum absolute atomic E-state index is 0. The molecule has 2 nitrogen and oxygen atoms in total. The zero-order valence-electron chi connectivity index (χ0n) is 9.46. The Morgan fingerprint density at radius 2 is 1.80 bits per heavy atom. The average molecular weight is 280 g/mol. The molecule has 0 amide bonds. The van der Waals surface area contributed by atoms with Crippen molar-refractivity contribution >= 4 is 5.78 Å². The molecular formula is C12H15O2Y-. The molecule has 0 aliphatic carbocycles. The van der Waals surface area contributed by atoms with Gasteiger partial charge in [-0.2, -0.15) is 24.6 Å². The zero-order chi connectivity index (χ0) is 10.7. The van der Waals surface area contributed by atoms with E-state index in [2.05, 4.69) is 6.92 Å². The molecule has 1 radical (unpaired) electrons. The fourth-order valence-corrected chi connectivity index (χ4v) is 1.44. The molecule has 1 rings (SSSR count). The van der Waals surface area contributed by atoms with Crippen LogP contribution in [0.5, 0.6) is 5.75 Å². The van der Waals surface area contributed by atoms with Crippen LogP contribution in [0.3, 0.4) is 0 Å². The van der Waals surface area contributed by atoms with Gasteiger partial charge in [-0.3, -0.25) is 4.79 Å². The quantitative estimate of drug-likeness (QED) is 0.795. The van der Waals surface area contributed by atoms with Crippen molar-refractivity contribution in [3.05, 3.63) is 35.7 Å². The summed E-state index contributed by atoms with van der Waals surface area (Å²) in [5, 5.41) is 0. The van der Waals surface area contributed by atoms with E-state index in [0.29, 0.717) is 0 Å². The third-order valence-corrected chi connectivity index (χ3v) is 1.94. The first-order chi connectivity index (χ1) is 6.50. The Morgan fingerprint density at radius 3 is 2.20 bits per heavy atom. The number of ketones is 1. The molecule has 1 aromatic carbocycles. The van der Waals surface area contributed by atoms with Crippen molar-refractivity contribution in [3.8, 4) is 5.75 Å². The summed E-state index contributed by atoms with van der Waals surface area (Å²) in [6.07, 6.45) is 0. The van der Waals surface area contributed by atoms with E-state index in [0.717, 1.165) is 22.4 Å². The van der Waals surface area contributed by atoms with E-state index in [1.807, 2.05) is 26.0 Å². The fourth-order valence-electron chi connectivity index (χ4n) is 1.44. The first kappa shape index (κ1) is 14.7. The molecule has 3 heteroatoms. The Hall–Kier alpha value is -0.336. The van der Waals surface area contributed by atoms with Crippen molar-refractivity contribution in [1.82, 2.24) is 0 Å². The van der Waals surface area contributed by atoms with E-state index in [1.54, 1.807) is 0 Å². The van der Waals surface area contributed by atoms with Gasteiger partial charge in [0.15, 0.2) is 5.78 Å². The molecule has 79 valence electrons. The van der Waals surface area contributed by atoms with Crippen LogP contribution in [-0.4, -0.2) is 12.4 Å². The van der Waals surface area contributed by atoms with Gasteiger partial charge in [-0.15, -0.1) is 0 Å². The van der Waals surface area contributed by atoms with Gasteiger partial charge in [-0.1, -0.05) is 11.1 Å². The van der Waals surface area contributed by atoms with Crippen LogP contribution in [0.4, 0.5) is 0 Å². The normalized spacial score (nSPS) is 9.27. The van der Waals surface area contributed by atoms with Crippen LogP contribution >= 0.6 is 0 Å². The van der Waals surface area contributed by atoms with Crippen molar-refractivity contribution in [2.75, 3.05) is 6.61 Å². The molecule has 0 fully saturated rings. The van der Waals surface area contributed by atoms with Crippen molar-refractivity contribution in [2.24, 2.45) is 0 Å². The van der Waals surface area contributed by atoms with Crippen molar-refractivity contribution in [1.29, 1.82) is 0 Å². The fraction of sp³-hybridized carbons (Fsp3) is 0.333. The average Bonchev–Trinajstić information content (AvgIpc) is 2.01. The van der Waals surface area contributed by atoms with Crippen LogP contribution in [0.15, 0.2) is 12.1 Å². The van der Waals surface area contributed by atoms with Gasteiger partial charge in [-0.05, 0) is 20.8 Å². The van der Waals surface area contributed by atoms with Crippen LogP contribution in [0.25, 0.3) is 0 Å². The predicted octanol–water partition coefficient (Wildman–Crippen LogP) is 2.45. The second kappa shape index (κ2) is 6.29. The predicted molar refractivity (Wildman–Crippen MR) is 56.6 cm³/mol.